The first-order valence-corrected chi connectivity index (χ1v) is 10.4. The molecule has 0 unspecified atom stereocenters. The standard InChI is InChI=1S/C26H30N3/c1-17(2)22-14-21(20-10-8-7-9-11-20)15-23(18(3)4)26(22)29-19(5)28(6)25-16-27-13-12-24(25)29/h7-18H,1-6H3/q+1. The van der Waals surface area contributed by atoms with Crippen molar-refractivity contribution >= 4 is 11.0 Å². The van der Waals surface area contributed by atoms with E-state index in [0.29, 0.717) is 11.8 Å². The molecule has 0 N–H and O–H groups in total. The molecule has 29 heavy (non-hydrogen) atoms. The molecule has 148 valence electrons. The second-order valence-electron chi connectivity index (χ2n) is 8.48. The number of benzene rings is 2. The summed E-state index contributed by atoms with van der Waals surface area (Å²) in [5, 5.41) is 0. The summed E-state index contributed by atoms with van der Waals surface area (Å²) in [5.41, 5.74) is 9.01. The molecular weight excluding hydrogens is 354 g/mol. The lowest BCUT2D eigenvalue weighted by atomic mass is 9.88. The summed E-state index contributed by atoms with van der Waals surface area (Å²) in [6.45, 7) is 11.4. The second-order valence-corrected chi connectivity index (χ2v) is 8.48. The highest BCUT2D eigenvalue weighted by atomic mass is 15.2. The third-order valence-electron chi connectivity index (χ3n) is 5.93. The second kappa shape index (κ2) is 7.47. The van der Waals surface area contributed by atoms with Crippen LogP contribution >= 0.6 is 0 Å². The fourth-order valence-corrected chi connectivity index (χ4v) is 4.22. The van der Waals surface area contributed by atoms with E-state index in [1.54, 1.807) is 0 Å². The van der Waals surface area contributed by atoms with Crippen LogP contribution in [-0.4, -0.2) is 9.55 Å². The molecule has 0 saturated heterocycles. The number of hydrogen-bond acceptors (Lipinski definition) is 1. The molecule has 0 fully saturated rings. The Kier molecular flexibility index (Phi) is 4.99. The van der Waals surface area contributed by atoms with Crippen molar-refractivity contribution in [3.8, 4) is 16.8 Å². The van der Waals surface area contributed by atoms with Crippen molar-refractivity contribution in [2.45, 2.75) is 46.5 Å². The molecule has 0 spiro atoms. The molecule has 0 aliphatic carbocycles. The average molecular weight is 385 g/mol. The van der Waals surface area contributed by atoms with E-state index in [1.165, 1.54) is 39.3 Å². The van der Waals surface area contributed by atoms with E-state index in [0.717, 1.165) is 5.52 Å². The van der Waals surface area contributed by atoms with Crippen LogP contribution in [0.1, 0.15) is 56.5 Å². The summed E-state index contributed by atoms with van der Waals surface area (Å²) in [5.74, 6) is 2.04. The first-order chi connectivity index (χ1) is 13.9. The maximum atomic E-state index is 4.36. The van der Waals surface area contributed by atoms with Gasteiger partial charge in [-0.2, -0.15) is 4.57 Å². The van der Waals surface area contributed by atoms with Gasteiger partial charge in [0.05, 0.1) is 13.2 Å². The molecule has 0 aliphatic heterocycles. The Morgan fingerprint density at radius 2 is 1.48 bits per heavy atom. The van der Waals surface area contributed by atoms with Gasteiger partial charge in [-0.05, 0) is 35.1 Å². The highest BCUT2D eigenvalue weighted by molar-refractivity contribution is 5.73. The molecule has 2 aromatic heterocycles. The number of aromatic nitrogens is 3. The zero-order valence-corrected chi connectivity index (χ0v) is 18.3. The van der Waals surface area contributed by atoms with Crippen LogP contribution in [0, 0.1) is 6.92 Å². The van der Waals surface area contributed by atoms with Crippen molar-refractivity contribution in [1.29, 1.82) is 0 Å². The lowest BCUT2D eigenvalue weighted by Gasteiger charge is -2.20. The van der Waals surface area contributed by atoms with Gasteiger partial charge >= 0.3 is 0 Å². The fraction of sp³-hybridized carbons (Fsp3) is 0.308. The molecule has 0 amide bonds. The van der Waals surface area contributed by atoms with Crippen LogP contribution in [0.15, 0.2) is 60.9 Å². The Morgan fingerprint density at radius 1 is 0.862 bits per heavy atom. The predicted octanol–water partition coefficient (Wildman–Crippen LogP) is 6.07. The summed E-state index contributed by atoms with van der Waals surface area (Å²) in [4.78, 5) is 4.36. The summed E-state index contributed by atoms with van der Waals surface area (Å²) in [6.07, 6.45) is 3.85. The lowest BCUT2D eigenvalue weighted by Crippen LogP contribution is -2.36. The van der Waals surface area contributed by atoms with Gasteiger partial charge in [0.1, 0.15) is 5.69 Å². The van der Waals surface area contributed by atoms with Gasteiger partial charge in [0.15, 0.2) is 11.0 Å². The topological polar surface area (TPSA) is 21.7 Å². The minimum atomic E-state index is 0.412. The van der Waals surface area contributed by atoms with Crippen LogP contribution in [0.2, 0.25) is 0 Å². The van der Waals surface area contributed by atoms with Crippen LogP contribution in [0.5, 0.6) is 0 Å². The van der Waals surface area contributed by atoms with Crippen molar-refractivity contribution in [2.24, 2.45) is 7.05 Å². The van der Waals surface area contributed by atoms with Crippen molar-refractivity contribution in [3.63, 3.8) is 0 Å². The van der Waals surface area contributed by atoms with Crippen molar-refractivity contribution in [1.82, 2.24) is 9.55 Å². The number of rotatable bonds is 4. The van der Waals surface area contributed by atoms with Gasteiger partial charge in [-0.15, -0.1) is 0 Å². The molecule has 0 bridgehead atoms. The Morgan fingerprint density at radius 3 is 2.07 bits per heavy atom. The van der Waals surface area contributed by atoms with Gasteiger partial charge in [0.2, 0.25) is 0 Å². The van der Waals surface area contributed by atoms with Gasteiger partial charge in [-0.1, -0.05) is 58.0 Å². The quantitative estimate of drug-likeness (QED) is 0.391. The molecule has 0 aliphatic rings. The smallest absolute Gasteiger partial charge is 0.259 e. The van der Waals surface area contributed by atoms with E-state index >= 15 is 0 Å². The van der Waals surface area contributed by atoms with Crippen LogP contribution in [-0.2, 0) is 7.05 Å². The molecule has 0 atom stereocenters. The van der Waals surface area contributed by atoms with Gasteiger partial charge in [0.25, 0.3) is 5.82 Å². The van der Waals surface area contributed by atoms with E-state index in [2.05, 4.69) is 104 Å². The van der Waals surface area contributed by atoms with Crippen LogP contribution in [0.4, 0.5) is 0 Å². The molecule has 3 heteroatoms. The molecule has 0 radical (unpaired) electrons. The number of imidazole rings is 1. The largest absolute Gasteiger partial charge is 0.260 e. The number of hydrogen-bond donors (Lipinski definition) is 0. The predicted molar refractivity (Wildman–Crippen MR) is 121 cm³/mol. The van der Waals surface area contributed by atoms with Crippen LogP contribution in [0.3, 0.4) is 0 Å². The first kappa shape index (κ1) is 19.4. The van der Waals surface area contributed by atoms with Gasteiger partial charge in [0, 0.05) is 30.3 Å². The van der Waals surface area contributed by atoms with Crippen molar-refractivity contribution in [2.75, 3.05) is 0 Å². The monoisotopic (exact) mass is 384 g/mol. The van der Waals surface area contributed by atoms with E-state index < -0.39 is 0 Å². The Hall–Kier alpha value is -2.94. The third-order valence-corrected chi connectivity index (χ3v) is 5.93. The van der Waals surface area contributed by atoms with E-state index in [4.69, 9.17) is 0 Å². The zero-order valence-electron chi connectivity index (χ0n) is 18.3. The highest BCUT2D eigenvalue weighted by Crippen LogP contribution is 2.34. The number of aryl methyl sites for hydroxylation is 1. The summed E-state index contributed by atoms with van der Waals surface area (Å²) in [7, 11) is 2.12. The summed E-state index contributed by atoms with van der Waals surface area (Å²) >= 11 is 0. The van der Waals surface area contributed by atoms with Crippen molar-refractivity contribution in [3.05, 3.63) is 77.9 Å². The minimum Gasteiger partial charge on any atom is -0.260 e. The Labute approximate surface area is 173 Å². The van der Waals surface area contributed by atoms with Gasteiger partial charge in [-0.3, -0.25) is 4.98 Å². The third kappa shape index (κ3) is 3.25. The lowest BCUT2D eigenvalue weighted by molar-refractivity contribution is -0.577. The SMILES string of the molecule is Cc1n(C)c2cnccc2[n+]1-c1c(C(C)C)cc(-c2ccccc2)cc1C(C)C. The van der Waals surface area contributed by atoms with Crippen LogP contribution in [0.25, 0.3) is 27.8 Å². The summed E-state index contributed by atoms with van der Waals surface area (Å²) in [6, 6.07) is 17.6. The average Bonchev–Trinajstić information content (AvgIpc) is 2.98. The molecular formula is C26H30N3+. The fourth-order valence-electron chi connectivity index (χ4n) is 4.22. The van der Waals surface area contributed by atoms with Crippen LogP contribution < -0.4 is 4.57 Å². The normalized spacial score (nSPS) is 11.7. The molecule has 2 heterocycles. The number of fused-ring (bicyclic) bond motifs is 1. The number of pyridine rings is 1. The number of nitrogens with zero attached hydrogens (tertiary/aromatic N) is 3. The van der Waals surface area contributed by atoms with E-state index in [9.17, 15) is 0 Å². The van der Waals surface area contributed by atoms with E-state index in [-0.39, 0.29) is 0 Å². The van der Waals surface area contributed by atoms with Crippen molar-refractivity contribution < 1.29 is 4.57 Å². The molecule has 4 aromatic rings. The Balaban J connectivity index is 2.10. The Bertz CT molecular complexity index is 1140. The van der Waals surface area contributed by atoms with Gasteiger partial charge in [-0.25, -0.2) is 4.57 Å². The van der Waals surface area contributed by atoms with E-state index in [1.807, 2.05) is 12.4 Å². The highest BCUT2D eigenvalue weighted by Gasteiger charge is 2.28. The van der Waals surface area contributed by atoms with Gasteiger partial charge < -0.3 is 0 Å². The minimum absolute atomic E-state index is 0.412. The summed E-state index contributed by atoms with van der Waals surface area (Å²) < 4.78 is 4.66. The zero-order chi connectivity index (χ0) is 20.7. The maximum absolute atomic E-state index is 4.36. The molecule has 4 rings (SSSR count). The first-order valence-electron chi connectivity index (χ1n) is 10.4. The molecule has 2 aromatic carbocycles. The molecule has 3 nitrogen and oxygen atoms in total. The maximum Gasteiger partial charge on any atom is 0.259 e. The molecule has 0 saturated carbocycles.